The van der Waals surface area contributed by atoms with E-state index >= 15 is 0 Å². The van der Waals surface area contributed by atoms with Crippen molar-refractivity contribution in [1.82, 2.24) is 0 Å². The first-order valence-corrected chi connectivity index (χ1v) is 7.73. The number of piperidine rings is 1. The van der Waals surface area contributed by atoms with Crippen LogP contribution in [0.1, 0.15) is 51.4 Å². The first kappa shape index (κ1) is 12.0. The van der Waals surface area contributed by atoms with Crippen molar-refractivity contribution in [2.75, 3.05) is 20.1 Å². The minimum Gasteiger partial charge on any atom is -0.392 e. The summed E-state index contributed by atoms with van der Waals surface area (Å²) in [7, 11) is 2.46. The second-order valence-electron chi connectivity index (χ2n) is 6.98. The molecule has 2 nitrogen and oxygen atoms in total. The molecule has 2 heteroatoms. The summed E-state index contributed by atoms with van der Waals surface area (Å²) < 4.78 is 1.27. The minimum absolute atomic E-state index is 0.0272. The van der Waals surface area contributed by atoms with Crippen LogP contribution in [0.5, 0.6) is 0 Å². The highest BCUT2D eigenvalue weighted by molar-refractivity contribution is 4.92. The van der Waals surface area contributed by atoms with Gasteiger partial charge in [-0.2, -0.15) is 0 Å². The van der Waals surface area contributed by atoms with Gasteiger partial charge in [0.15, 0.2) is 0 Å². The predicted octanol–water partition coefficient (Wildman–Crippen LogP) is 2.56. The third-order valence-corrected chi connectivity index (χ3v) is 6.00. The second-order valence-corrected chi connectivity index (χ2v) is 6.98. The number of rotatable bonds is 1. The number of nitrogens with zero attached hydrogens (tertiary/aromatic N) is 1. The van der Waals surface area contributed by atoms with E-state index in [4.69, 9.17) is 0 Å². The summed E-state index contributed by atoms with van der Waals surface area (Å²) in [6, 6.07) is 0.766. The Bertz CT molecular complexity index is 272. The fourth-order valence-corrected chi connectivity index (χ4v) is 4.98. The van der Waals surface area contributed by atoms with Crippen molar-refractivity contribution in [3.05, 3.63) is 0 Å². The quantitative estimate of drug-likeness (QED) is 0.696. The van der Waals surface area contributed by atoms with Crippen molar-refractivity contribution < 1.29 is 9.59 Å². The maximum absolute atomic E-state index is 10.5. The van der Waals surface area contributed by atoms with Gasteiger partial charge >= 0.3 is 0 Å². The van der Waals surface area contributed by atoms with Crippen molar-refractivity contribution in [3.63, 3.8) is 0 Å². The van der Waals surface area contributed by atoms with Crippen LogP contribution in [0.25, 0.3) is 0 Å². The van der Waals surface area contributed by atoms with E-state index in [0.717, 1.165) is 6.04 Å². The van der Waals surface area contributed by atoms with Crippen LogP contribution in [0.2, 0.25) is 0 Å². The second kappa shape index (κ2) is 4.55. The van der Waals surface area contributed by atoms with E-state index in [1.165, 1.54) is 68.9 Å². The van der Waals surface area contributed by atoms with Gasteiger partial charge in [-0.05, 0) is 44.4 Å². The highest BCUT2D eigenvalue weighted by atomic mass is 16.3. The Balaban J connectivity index is 1.77. The molecule has 2 bridgehead atoms. The number of hydrogen-bond acceptors (Lipinski definition) is 1. The third-order valence-electron chi connectivity index (χ3n) is 6.00. The Kier molecular flexibility index (Phi) is 3.20. The van der Waals surface area contributed by atoms with Crippen molar-refractivity contribution in [1.29, 1.82) is 0 Å². The van der Waals surface area contributed by atoms with E-state index in [2.05, 4.69) is 7.05 Å². The Morgan fingerprint density at radius 2 is 1.65 bits per heavy atom. The lowest BCUT2D eigenvalue weighted by molar-refractivity contribution is -0.943. The van der Waals surface area contributed by atoms with Gasteiger partial charge in [0, 0.05) is 12.3 Å². The van der Waals surface area contributed by atoms with Crippen LogP contribution in [-0.2, 0) is 0 Å². The van der Waals surface area contributed by atoms with E-state index in [0.29, 0.717) is 11.8 Å². The zero-order valence-corrected chi connectivity index (χ0v) is 11.3. The molecular weight excluding hydrogens is 210 g/mol. The van der Waals surface area contributed by atoms with Crippen LogP contribution in [0, 0.1) is 11.8 Å². The Morgan fingerprint density at radius 1 is 0.882 bits per heavy atom. The average Bonchev–Trinajstić information content (AvgIpc) is 2.29. The van der Waals surface area contributed by atoms with Crippen LogP contribution < -0.4 is 0 Å². The van der Waals surface area contributed by atoms with E-state index in [1.54, 1.807) is 0 Å². The molecule has 0 radical (unpaired) electrons. The summed E-state index contributed by atoms with van der Waals surface area (Å²) >= 11 is 0. The smallest absolute Gasteiger partial charge is 0.0941 e. The highest BCUT2D eigenvalue weighted by Gasteiger charge is 2.48. The van der Waals surface area contributed by atoms with Gasteiger partial charge in [-0.1, -0.05) is 6.42 Å². The van der Waals surface area contributed by atoms with Crippen LogP contribution in [0.4, 0.5) is 0 Å². The lowest BCUT2D eigenvalue weighted by Crippen LogP contribution is -2.62. The van der Waals surface area contributed by atoms with E-state index in [9.17, 15) is 5.11 Å². The van der Waals surface area contributed by atoms with Gasteiger partial charge in [0.25, 0.3) is 0 Å². The maximum Gasteiger partial charge on any atom is 0.0941 e. The highest BCUT2D eigenvalue weighted by Crippen LogP contribution is 2.44. The topological polar surface area (TPSA) is 20.2 Å². The molecule has 2 saturated carbocycles. The van der Waals surface area contributed by atoms with Gasteiger partial charge in [-0.3, -0.25) is 0 Å². The summed E-state index contributed by atoms with van der Waals surface area (Å²) in [5.74, 6) is 1.26. The molecule has 0 spiro atoms. The molecule has 3 aliphatic rings. The Morgan fingerprint density at radius 3 is 2.41 bits per heavy atom. The van der Waals surface area contributed by atoms with Crippen molar-refractivity contribution in [2.24, 2.45) is 11.8 Å². The molecule has 1 aliphatic heterocycles. The molecule has 0 amide bonds. The molecule has 3 fully saturated rings. The molecule has 3 rings (SSSR count). The Hall–Kier alpha value is -0.0800. The van der Waals surface area contributed by atoms with E-state index in [1.807, 2.05) is 0 Å². The molecule has 1 saturated heterocycles. The number of aliphatic hydroxyl groups is 1. The molecule has 0 aromatic carbocycles. The number of fused-ring (bicyclic) bond motifs is 2. The first-order chi connectivity index (χ1) is 8.21. The summed E-state index contributed by atoms with van der Waals surface area (Å²) in [5, 5.41) is 10.5. The zero-order chi connectivity index (χ0) is 11.9. The van der Waals surface area contributed by atoms with Gasteiger partial charge in [0.2, 0.25) is 0 Å². The van der Waals surface area contributed by atoms with Crippen molar-refractivity contribution >= 4 is 0 Å². The maximum atomic E-state index is 10.5. The lowest BCUT2D eigenvalue weighted by atomic mass is 9.66. The van der Waals surface area contributed by atoms with Crippen molar-refractivity contribution in [2.45, 2.75) is 63.5 Å². The molecule has 98 valence electrons. The zero-order valence-electron chi connectivity index (χ0n) is 11.3. The minimum atomic E-state index is 0.0272. The molecule has 1 N–H and O–H groups in total. The molecular formula is C15H28NO+. The monoisotopic (exact) mass is 238 g/mol. The van der Waals surface area contributed by atoms with Crippen LogP contribution >= 0.6 is 0 Å². The average molecular weight is 238 g/mol. The summed E-state index contributed by atoms with van der Waals surface area (Å²) in [5.41, 5.74) is 0. The van der Waals surface area contributed by atoms with Crippen molar-refractivity contribution in [3.8, 4) is 0 Å². The molecule has 0 unspecified atom stereocenters. The molecule has 0 aromatic heterocycles. The summed E-state index contributed by atoms with van der Waals surface area (Å²) in [6.07, 6.45) is 10.9. The predicted molar refractivity (Wildman–Crippen MR) is 69.6 cm³/mol. The van der Waals surface area contributed by atoms with Crippen LogP contribution in [0.15, 0.2) is 0 Å². The van der Waals surface area contributed by atoms with Gasteiger partial charge in [-0.25, -0.2) is 0 Å². The molecule has 4 atom stereocenters. The molecule has 0 aromatic rings. The van der Waals surface area contributed by atoms with Crippen LogP contribution in [-0.4, -0.2) is 41.9 Å². The number of hydrogen-bond donors (Lipinski definition) is 1. The number of aliphatic hydroxyl groups excluding tert-OH is 1. The molecule has 2 aliphatic carbocycles. The van der Waals surface area contributed by atoms with Gasteiger partial charge in [-0.15, -0.1) is 0 Å². The number of quaternary nitrogens is 1. The molecule has 1 heterocycles. The molecule has 17 heavy (non-hydrogen) atoms. The fraction of sp³-hybridized carbons (Fsp3) is 1.00. The summed E-state index contributed by atoms with van der Waals surface area (Å²) in [4.78, 5) is 0. The largest absolute Gasteiger partial charge is 0.392 e. The van der Waals surface area contributed by atoms with Gasteiger partial charge < -0.3 is 9.59 Å². The van der Waals surface area contributed by atoms with Gasteiger partial charge in [0.05, 0.1) is 32.3 Å². The third kappa shape index (κ3) is 2.04. The van der Waals surface area contributed by atoms with Gasteiger partial charge in [0.1, 0.15) is 0 Å². The van der Waals surface area contributed by atoms with E-state index in [-0.39, 0.29) is 6.10 Å². The van der Waals surface area contributed by atoms with E-state index < -0.39 is 0 Å². The lowest BCUT2D eigenvalue weighted by Gasteiger charge is -2.53. The standard InChI is InChI=1S/C15H28NO/c1-16(10-3-2-4-11-16)14-9-8-12-6-5-7-13(14)15(12)17/h12-15,17H,2-11H2,1H3/q+1/t12-,13+,14+,15+/m1/s1. The summed E-state index contributed by atoms with van der Waals surface area (Å²) in [6.45, 7) is 2.72. The van der Waals surface area contributed by atoms with Crippen LogP contribution in [0.3, 0.4) is 0 Å². The number of likely N-dealkylation sites (tertiary alicyclic amines) is 1. The normalized spacial score (nSPS) is 45.5. The fourth-order valence-electron chi connectivity index (χ4n) is 4.98. The Labute approximate surface area is 106 Å². The SMILES string of the molecule is C[N+]1([C@H]2CC[C@H]3CCC[C@@H]2[C@H]3O)CCCCC1. The first-order valence-electron chi connectivity index (χ1n) is 7.73.